The first kappa shape index (κ1) is 19.9. The van der Waals surface area contributed by atoms with E-state index in [9.17, 15) is 4.79 Å². The summed E-state index contributed by atoms with van der Waals surface area (Å²) in [6, 6.07) is 8.83. The van der Waals surface area contributed by atoms with Crippen molar-refractivity contribution in [1.82, 2.24) is 5.32 Å². The molecule has 2 rings (SSSR count). The summed E-state index contributed by atoms with van der Waals surface area (Å²) in [5, 5.41) is 3.24. The smallest absolute Gasteiger partial charge is 0.258 e. The van der Waals surface area contributed by atoms with Gasteiger partial charge in [0.25, 0.3) is 5.91 Å². The average Bonchev–Trinajstić information content (AvgIpc) is 2.59. The number of halogens is 3. The highest BCUT2D eigenvalue weighted by Crippen LogP contribution is 2.33. The van der Waals surface area contributed by atoms with Gasteiger partial charge in [0, 0.05) is 22.1 Å². The van der Waals surface area contributed by atoms with Gasteiger partial charge in [0.15, 0.2) is 18.1 Å². The van der Waals surface area contributed by atoms with Crippen LogP contribution in [0, 0.1) is 0 Å². The van der Waals surface area contributed by atoms with Crippen LogP contribution in [-0.4, -0.2) is 26.7 Å². The molecule has 5 nitrogen and oxygen atoms in total. The van der Waals surface area contributed by atoms with Gasteiger partial charge < -0.3 is 19.5 Å². The lowest BCUT2D eigenvalue weighted by atomic mass is 10.2. The van der Waals surface area contributed by atoms with Crippen molar-refractivity contribution in [2.45, 2.75) is 6.54 Å². The summed E-state index contributed by atoms with van der Waals surface area (Å²) in [5.74, 6) is 1.40. The van der Waals surface area contributed by atoms with E-state index in [-0.39, 0.29) is 19.1 Å². The summed E-state index contributed by atoms with van der Waals surface area (Å²) in [5.41, 5.74) is 0.720. The molecule has 0 unspecified atom stereocenters. The second-order valence-electron chi connectivity index (χ2n) is 4.94. The van der Waals surface area contributed by atoms with Crippen molar-refractivity contribution in [3.8, 4) is 17.2 Å². The second kappa shape index (κ2) is 9.31. The van der Waals surface area contributed by atoms with E-state index in [4.69, 9.17) is 25.8 Å². The van der Waals surface area contributed by atoms with Gasteiger partial charge in [0.1, 0.15) is 5.75 Å². The third kappa shape index (κ3) is 5.52. The van der Waals surface area contributed by atoms with Crippen molar-refractivity contribution in [1.29, 1.82) is 0 Å². The molecule has 0 saturated carbocycles. The number of carbonyl (C=O) groups excluding carboxylic acids is 1. The Morgan fingerprint density at radius 2 is 1.76 bits per heavy atom. The van der Waals surface area contributed by atoms with Crippen LogP contribution in [0.15, 0.2) is 39.3 Å². The highest BCUT2D eigenvalue weighted by atomic mass is 79.9. The van der Waals surface area contributed by atoms with E-state index in [0.29, 0.717) is 22.3 Å². The van der Waals surface area contributed by atoms with Crippen molar-refractivity contribution >= 4 is 49.4 Å². The molecular formula is C17H16Br2ClNO4. The Balaban J connectivity index is 1.93. The standard InChI is InChI=1S/C17H16Br2ClNO4/c1-23-15-5-10(13(20)7-16(15)24-2)8-21-17(22)9-25-14-4-3-11(18)6-12(14)19/h3-7H,8-9H2,1-2H3,(H,21,22). The number of hydrogen-bond donors (Lipinski definition) is 1. The van der Waals surface area contributed by atoms with Crippen LogP contribution in [0.4, 0.5) is 0 Å². The largest absolute Gasteiger partial charge is 0.493 e. The van der Waals surface area contributed by atoms with Gasteiger partial charge >= 0.3 is 0 Å². The van der Waals surface area contributed by atoms with Gasteiger partial charge in [-0.3, -0.25) is 4.79 Å². The molecule has 0 heterocycles. The van der Waals surface area contributed by atoms with Crippen LogP contribution in [0.5, 0.6) is 17.2 Å². The summed E-state index contributed by atoms with van der Waals surface area (Å²) in [4.78, 5) is 12.0. The molecule has 0 radical (unpaired) electrons. The van der Waals surface area contributed by atoms with Crippen molar-refractivity contribution in [3.05, 3.63) is 49.9 Å². The van der Waals surface area contributed by atoms with E-state index in [2.05, 4.69) is 37.2 Å². The number of hydrogen-bond acceptors (Lipinski definition) is 4. The zero-order chi connectivity index (χ0) is 18.4. The van der Waals surface area contributed by atoms with Crippen molar-refractivity contribution in [2.24, 2.45) is 0 Å². The van der Waals surface area contributed by atoms with Crippen LogP contribution in [0.3, 0.4) is 0 Å². The number of methoxy groups -OCH3 is 2. The molecule has 0 aromatic heterocycles. The molecule has 0 aliphatic rings. The van der Waals surface area contributed by atoms with Crippen molar-refractivity contribution < 1.29 is 19.0 Å². The summed E-state index contributed by atoms with van der Waals surface area (Å²) in [6.45, 7) is 0.147. The average molecular weight is 494 g/mol. The zero-order valence-corrected chi connectivity index (χ0v) is 17.5. The minimum atomic E-state index is -0.263. The molecule has 0 aliphatic carbocycles. The fourth-order valence-corrected chi connectivity index (χ4v) is 3.39. The van der Waals surface area contributed by atoms with Gasteiger partial charge in [-0.15, -0.1) is 0 Å². The predicted octanol–water partition coefficient (Wildman–Crippen LogP) is 4.58. The molecule has 0 fully saturated rings. The molecule has 1 N–H and O–H groups in total. The number of ether oxygens (including phenoxy) is 3. The first-order valence-corrected chi connectivity index (χ1v) is 9.16. The summed E-state index contributed by atoms with van der Waals surface area (Å²) in [6.07, 6.45) is 0. The lowest BCUT2D eigenvalue weighted by Crippen LogP contribution is -2.28. The van der Waals surface area contributed by atoms with Crippen LogP contribution in [0.25, 0.3) is 0 Å². The predicted molar refractivity (Wildman–Crippen MR) is 104 cm³/mol. The lowest BCUT2D eigenvalue weighted by Gasteiger charge is -2.13. The van der Waals surface area contributed by atoms with E-state index in [1.807, 2.05) is 12.1 Å². The van der Waals surface area contributed by atoms with E-state index >= 15 is 0 Å². The number of benzene rings is 2. The Kier molecular flexibility index (Phi) is 7.40. The molecular weight excluding hydrogens is 477 g/mol. The number of carbonyl (C=O) groups is 1. The van der Waals surface area contributed by atoms with E-state index < -0.39 is 0 Å². The van der Waals surface area contributed by atoms with Gasteiger partial charge in [-0.2, -0.15) is 0 Å². The Hall–Kier alpha value is -1.44. The van der Waals surface area contributed by atoms with Gasteiger partial charge in [-0.1, -0.05) is 27.5 Å². The minimum Gasteiger partial charge on any atom is -0.493 e. The molecule has 2 aromatic carbocycles. The number of nitrogens with one attached hydrogen (secondary N) is 1. The Bertz CT molecular complexity index is 771. The summed E-state index contributed by atoms with van der Waals surface area (Å²) < 4.78 is 17.6. The SMILES string of the molecule is COc1cc(Cl)c(CNC(=O)COc2ccc(Br)cc2Br)cc1OC. The van der Waals surface area contributed by atoms with Gasteiger partial charge in [0.05, 0.1) is 18.7 Å². The summed E-state index contributed by atoms with van der Waals surface area (Å²) in [7, 11) is 3.07. The quantitative estimate of drug-likeness (QED) is 0.614. The van der Waals surface area contributed by atoms with E-state index in [1.165, 1.54) is 14.2 Å². The lowest BCUT2D eigenvalue weighted by molar-refractivity contribution is -0.123. The Morgan fingerprint density at radius 3 is 2.40 bits per heavy atom. The maximum absolute atomic E-state index is 12.0. The highest BCUT2D eigenvalue weighted by molar-refractivity contribution is 9.11. The van der Waals surface area contributed by atoms with Crippen LogP contribution in [-0.2, 0) is 11.3 Å². The Morgan fingerprint density at radius 1 is 1.08 bits per heavy atom. The molecule has 8 heteroatoms. The normalized spacial score (nSPS) is 10.3. The third-order valence-electron chi connectivity index (χ3n) is 3.28. The summed E-state index contributed by atoms with van der Waals surface area (Å²) >= 11 is 12.9. The molecule has 0 aliphatic heterocycles. The topological polar surface area (TPSA) is 56.8 Å². The molecule has 0 bridgehead atoms. The second-order valence-corrected chi connectivity index (χ2v) is 7.12. The van der Waals surface area contributed by atoms with Crippen LogP contribution in [0.2, 0.25) is 5.02 Å². The maximum atomic E-state index is 12.0. The first-order valence-electron chi connectivity index (χ1n) is 7.19. The Labute approximate surface area is 167 Å². The molecule has 1 amide bonds. The molecule has 0 saturated heterocycles. The van der Waals surface area contributed by atoms with Gasteiger partial charge in [-0.05, 0) is 45.8 Å². The van der Waals surface area contributed by atoms with Crippen LogP contribution >= 0.6 is 43.5 Å². The fraction of sp³-hybridized carbons (Fsp3) is 0.235. The van der Waals surface area contributed by atoms with Gasteiger partial charge in [-0.25, -0.2) is 0 Å². The van der Waals surface area contributed by atoms with Crippen molar-refractivity contribution in [3.63, 3.8) is 0 Å². The van der Waals surface area contributed by atoms with Crippen molar-refractivity contribution in [2.75, 3.05) is 20.8 Å². The third-order valence-corrected chi connectivity index (χ3v) is 4.75. The monoisotopic (exact) mass is 491 g/mol. The highest BCUT2D eigenvalue weighted by Gasteiger charge is 2.11. The molecule has 0 atom stereocenters. The molecule has 25 heavy (non-hydrogen) atoms. The van der Waals surface area contributed by atoms with Crippen LogP contribution in [0.1, 0.15) is 5.56 Å². The number of amides is 1. The molecule has 2 aromatic rings. The molecule has 134 valence electrons. The zero-order valence-electron chi connectivity index (χ0n) is 13.6. The van der Waals surface area contributed by atoms with E-state index in [0.717, 1.165) is 14.5 Å². The fourth-order valence-electron chi connectivity index (χ4n) is 2.01. The van der Waals surface area contributed by atoms with E-state index in [1.54, 1.807) is 18.2 Å². The maximum Gasteiger partial charge on any atom is 0.258 e. The van der Waals surface area contributed by atoms with Gasteiger partial charge in [0.2, 0.25) is 0 Å². The van der Waals surface area contributed by atoms with Crippen LogP contribution < -0.4 is 19.5 Å². The minimum absolute atomic E-state index is 0.106. The first-order chi connectivity index (χ1) is 11.9. The molecule has 0 spiro atoms. The number of rotatable bonds is 7.